The predicted molar refractivity (Wildman–Crippen MR) is 110 cm³/mol. The van der Waals surface area contributed by atoms with E-state index < -0.39 is 0 Å². The molecule has 2 heterocycles. The van der Waals surface area contributed by atoms with Gasteiger partial charge in [0.15, 0.2) is 0 Å². The average molecular weight is 372 g/mol. The highest BCUT2D eigenvalue weighted by atomic mass is 16.5. The molecule has 140 valence electrons. The van der Waals surface area contributed by atoms with E-state index in [4.69, 9.17) is 4.74 Å². The van der Waals surface area contributed by atoms with Crippen molar-refractivity contribution >= 4 is 16.7 Å². The number of phenolic OH excluding ortho intramolecular Hbond substituents is 1. The first-order chi connectivity index (χ1) is 13.7. The molecule has 0 bridgehead atoms. The second-order valence-corrected chi connectivity index (χ2v) is 6.66. The maximum absolute atomic E-state index is 11.1. The molecule has 0 aliphatic rings. The third-order valence-corrected chi connectivity index (χ3v) is 4.75. The van der Waals surface area contributed by atoms with Crippen LogP contribution in [0.2, 0.25) is 0 Å². The van der Waals surface area contributed by atoms with Gasteiger partial charge in [-0.1, -0.05) is 30.3 Å². The molecule has 0 aliphatic heterocycles. The zero-order valence-electron chi connectivity index (χ0n) is 15.8. The fraction of sp³-hybridized carbons (Fsp3) is 0.130. The number of rotatable bonds is 5. The first-order valence-corrected chi connectivity index (χ1v) is 9.12. The molecule has 0 amide bonds. The topological polar surface area (TPSA) is 68.5 Å². The third-order valence-electron chi connectivity index (χ3n) is 4.75. The lowest BCUT2D eigenvalue weighted by atomic mass is 9.96. The second kappa shape index (κ2) is 7.56. The highest BCUT2D eigenvalue weighted by Gasteiger charge is 2.24. The van der Waals surface area contributed by atoms with Gasteiger partial charge in [0.05, 0.1) is 13.3 Å². The van der Waals surface area contributed by atoms with Gasteiger partial charge in [0.2, 0.25) is 0 Å². The first kappa shape index (κ1) is 17.8. The number of H-pyrrole nitrogens is 1. The van der Waals surface area contributed by atoms with Crippen molar-refractivity contribution in [2.45, 2.75) is 13.0 Å². The molecule has 0 saturated carbocycles. The number of pyridine rings is 2. The van der Waals surface area contributed by atoms with Gasteiger partial charge < -0.3 is 9.84 Å². The minimum absolute atomic E-state index is 0.178. The van der Waals surface area contributed by atoms with Crippen molar-refractivity contribution in [3.63, 3.8) is 0 Å². The molecule has 5 nitrogen and oxygen atoms in total. The molecule has 1 atom stereocenters. The fourth-order valence-corrected chi connectivity index (χ4v) is 3.32. The van der Waals surface area contributed by atoms with Crippen LogP contribution in [0.25, 0.3) is 10.9 Å². The minimum Gasteiger partial charge on any atom is -0.505 e. The summed E-state index contributed by atoms with van der Waals surface area (Å²) >= 11 is 0. The van der Waals surface area contributed by atoms with Crippen LogP contribution >= 0.6 is 0 Å². The standard InChI is InChI=1S/C23H21N3O2/c1-15-9-10-16-11-12-19(23(27)22(16)25-15)21(26-20-8-3-4-13-24-20)17-6-5-7-18(14-17)28-2/h3-14,21,27H,1-2H3,(H,24,26)/p+1/t21-/m0/s1. The number of methoxy groups -OCH3 is 1. The molecule has 4 aromatic rings. The summed E-state index contributed by atoms with van der Waals surface area (Å²) in [7, 11) is 1.65. The number of nitrogens with one attached hydrogen (secondary N) is 2. The van der Waals surface area contributed by atoms with Gasteiger partial charge in [-0.05, 0) is 37.3 Å². The Balaban J connectivity index is 1.87. The normalized spacial score (nSPS) is 11.9. The molecule has 5 heteroatoms. The van der Waals surface area contributed by atoms with E-state index in [9.17, 15) is 5.11 Å². The van der Waals surface area contributed by atoms with Crippen LogP contribution in [-0.4, -0.2) is 17.2 Å². The number of aromatic hydroxyl groups is 1. The number of fused-ring (bicyclic) bond motifs is 1. The lowest BCUT2D eigenvalue weighted by Gasteiger charge is -2.18. The van der Waals surface area contributed by atoms with Gasteiger partial charge in [-0.25, -0.2) is 9.97 Å². The quantitative estimate of drug-likeness (QED) is 0.549. The smallest absolute Gasteiger partial charge is 0.272 e. The molecule has 0 aliphatic carbocycles. The summed E-state index contributed by atoms with van der Waals surface area (Å²) in [6.45, 7) is 1.92. The van der Waals surface area contributed by atoms with E-state index in [1.165, 1.54) is 0 Å². The summed E-state index contributed by atoms with van der Waals surface area (Å²) in [5.74, 6) is 1.78. The van der Waals surface area contributed by atoms with E-state index in [1.54, 1.807) is 7.11 Å². The number of ether oxygens (including phenoxy) is 1. The second-order valence-electron chi connectivity index (χ2n) is 6.66. The summed E-state index contributed by atoms with van der Waals surface area (Å²) < 4.78 is 5.40. The van der Waals surface area contributed by atoms with E-state index >= 15 is 0 Å². The Morgan fingerprint density at radius 1 is 1.04 bits per heavy atom. The number of aryl methyl sites for hydroxylation is 1. The molecule has 28 heavy (non-hydrogen) atoms. The highest BCUT2D eigenvalue weighted by Crippen LogP contribution is 2.36. The van der Waals surface area contributed by atoms with Crippen LogP contribution in [0, 0.1) is 6.92 Å². The van der Waals surface area contributed by atoms with E-state index in [0.717, 1.165) is 33.8 Å². The molecular weight excluding hydrogens is 350 g/mol. The van der Waals surface area contributed by atoms with Gasteiger partial charge >= 0.3 is 0 Å². The van der Waals surface area contributed by atoms with E-state index in [-0.39, 0.29) is 11.8 Å². The van der Waals surface area contributed by atoms with E-state index in [1.807, 2.05) is 79.9 Å². The van der Waals surface area contributed by atoms with Gasteiger partial charge in [0, 0.05) is 28.3 Å². The number of aromatic amines is 1. The summed E-state index contributed by atoms with van der Waals surface area (Å²) in [5, 5.41) is 15.5. The van der Waals surface area contributed by atoms with Crippen LogP contribution in [0.4, 0.5) is 5.82 Å². The van der Waals surface area contributed by atoms with Crippen LogP contribution in [0.1, 0.15) is 22.9 Å². The molecule has 0 radical (unpaired) electrons. The Labute approximate surface area is 163 Å². The lowest BCUT2D eigenvalue weighted by molar-refractivity contribution is -0.361. The molecular formula is C23H22N3O2+. The number of anilines is 1. The minimum atomic E-state index is -0.291. The van der Waals surface area contributed by atoms with Crippen LogP contribution in [0.5, 0.6) is 11.5 Å². The number of phenols is 1. The van der Waals surface area contributed by atoms with E-state index in [0.29, 0.717) is 5.52 Å². The predicted octanol–water partition coefficient (Wildman–Crippen LogP) is 4.27. The van der Waals surface area contributed by atoms with Crippen molar-refractivity contribution < 1.29 is 14.8 Å². The van der Waals surface area contributed by atoms with Gasteiger partial charge in [-0.2, -0.15) is 0 Å². The first-order valence-electron chi connectivity index (χ1n) is 9.12. The Bertz CT molecular complexity index is 1110. The molecule has 2 aromatic heterocycles. The Hall–Kier alpha value is -3.60. The molecule has 0 unspecified atom stereocenters. The van der Waals surface area contributed by atoms with Gasteiger partial charge in [-0.3, -0.25) is 5.32 Å². The molecule has 0 fully saturated rings. The van der Waals surface area contributed by atoms with Crippen molar-refractivity contribution in [1.29, 1.82) is 0 Å². The summed E-state index contributed by atoms with van der Waals surface area (Å²) in [4.78, 5) is 7.74. The zero-order valence-corrected chi connectivity index (χ0v) is 15.8. The summed E-state index contributed by atoms with van der Waals surface area (Å²) in [6.07, 6.45) is 1.86. The largest absolute Gasteiger partial charge is 0.505 e. The average Bonchev–Trinajstić information content (AvgIpc) is 2.74. The van der Waals surface area contributed by atoms with Crippen molar-refractivity contribution in [3.8, 4) is 11.5 Å². The van der Waals surface area contributed by atoms with Crippen LogP contribution in [0.15, 0.2) is 72.9 Å². The zero-order chi connectivity index (χ0) is 19.5. The Kier molecular flexibility index (Phi) is 4.81. The molecule has 4 rings (SSSR count). The summed E-state index contributed by atoms with van der Waals surface area (Å²) in [6, 6.07) is 21.2. The van der Waals surface area contributed by atoms with Gasteiger partial charge in [0.25, 0.3) is 5.82 Å². The van der Waals surface area contributed by atoms with Gasteiger partial charge in [0.1, 0.15) is 23.1 Å². The monoisotopic (exact) mass is 372 g/mol. The van der Waals surface area contributed by atoms with E-state index in [2.05, 4.69) is 15.3 Å². The fourth-order valence-electron chi connectivity index (χ4n) is 3.32. The van der Waals surface area contributed by atoms with Crippen molar-refractivity contribution in [2.75, 3.05) is 12.4 Å². The van der Waals surface area contributed by atoms with Crippen molar-refractivity contribution in [3.05, 3.63) is 89.7 Å². The number of aromatic nitrogens is 2. The molecule has 0 saturated heterocycles. The van der Waals surface area contributed by atoms with Crippen LogP contribution in [0.3, 0.4) is 0 Å². The molecule has 2 aromatic carbocycles. The SMILES string of the molecule is COc1cccc([C@H](Nc2cccc[nH+]2)c2ccc3ccc(C)nc3c2O)c1. The lowest BCUT2D eigenvalue weighted by Crippen LogP contribution is -2.19. The number of nitrogens with zero attached hydrogens (tertiary/aromatic N) is 1. The highest BCUT2D eigenvalue weighted by molar-refractivity contribution is 5.86. The maximum Gasteiger partial charge on any atom is 0.272 e. The number of hydrogen-bond acceptors (Lipinski definition) is 4. The van der Waals surface area contributed by atoms with Crippen LogP contribution in [-0.2, 0) is 0 Å². The number of hydrogen-bond donors (Lipinski definition) is 2. The van der Waals surface area contributed by atoms with Crippen LogP contribution < -0.4 is 15.0 Å². The number of benzene rings is 2. The Morgan fingerprint density at radius 3 is 2.68 bits per heavy atom. The molecule has 3 N–H and O–H groups in total. The third kappa shape index (κ3) is 3.47. The maximum atomic E-state index is 11.1. The van der Waals surface area contributed by atoms with Gasteiger partial charge in [-0.15, -0.1) is 0 Å². The molecule has 0 spiro atoms. The summed E-state index contributed by atoms with van der Waals surface area (Å²) in [5.41, 5.74) is 3.18. The van der Waals surface area contributed by atoms with Crippen molar-refractivity contribution in [2.24, 2.45) is 0 Å². The van der Waals surface area contributed by atoms with Crippen molar-refractivity contribution in [1.82, 2.24) is 4.98 Å². The Morgan fingerprint density at radius 2 is 1.89 bits per heavy atom.